The molecule has 3 aliphatic rings. The van der Waals surface area contributed by atoms with Gasteiger partial charge in [0.2, 0.25) is 6.79 Å². The standard InChI is InChI=1S/C27H23NO5/c1-2-31-26(30)27-14-18-12-22-23(33-16-32-22)13-20(18)24(27)28(15-17-8-4-3-5-9-17)25(29)19-10-6-7-11-21(19)27/h3-13,24H,2,14-16H2,1H3/t24-,27+/m1/s1. The summed E-state index contributed by atoms with van der Waals surface area (Å²) in [5, 5.41) is 0. The molecule has 0 unspecified atom stereocenters. The fourth-order valence-electron chi connectivity index (χ4n) is 5.57. The van der Waals surface area contributed by atoms with E-state index in [1.54, 1.807) is 0 Å². The summed E-state index contributed by atoms with van der Waals surface area (Å²) >= 11 is 0. The Morgan fingerprint density at radius 2 is 1.79 bits per heavy atom. The molecular weight excluding hydrogens is 418 g/mol. The topological polar surface area (TPSA) is 65.1 Å². The van der Waals surface area contributed by atoms with E-state index < -0.39 is 11.5 Å². The number of ether oxygens (including phenoxy) is 3. The molecule has 1 aliphatic carbocycles. The molecule has 33 heavy (non-hydrogen) atoms. The molecule has 0 fully saturated rings. The van der Waals surface area contributed by atoms with Crippen LogP contribution in [0.2, 0.25) is 0 Å². The van der Waals surface area contributed by atoms with Gasteiger partial charge in [-0.05, 0) is 53.8 Å². The number of benzene rings is 3. The normalized spacial score (nSPS) is 21.9. The second-order valence-electron chi connectivity index (χ2n) is 8.64. The molecule has 0 saturated carbocycles. The van der Waals surface area contributed by atoms with Gasteiger partial charge in [-0.15, -0.1) is 0 Å². The largest absolute Gasteiger partial charge is 0.465 e. The minimum Gasteiger partial charge on any atom is -0.465 e. The van der Waals surface area contributed by atoms with Gasteiger partial charge in [-0.1, -0.05) is 48.5 Å². The SMILES string of the molecule is CCOC(=O)[C@]12Cc3cc4c(cc3[C@H]1N(Cc1ccccc1)C(=O)c1ccccc12)OCO4. The van der Waals surface area contributed by atoms with Gasteiger partial charge in [-0.3, -0.25) is 9.59 Å². The first-order valence-corrected chi connectivity index (χ1v) is 11.2. The number of rotatable bonds is 4. The number of carbonyl (C=O) groups excluding carboxylic acids is 2. The molecule has 0 aromatic heterocycles. The molecule has 0 radical (unpaired) electrons. The number of carbonyl (C=O) groups is 2. The van der Waals surface area contributed by atoms with E-state index in [4.69, 9.17) is 14.2 Å². The van der Waals surface area contributed by atoms with Crippen LogP contribution in [0.3, 0.4) is 0 Å². The third kappa shape index (κ3) is 2.80. The predicted octanol–water partition coefficient (Wildman–Crippen LogP) is 4.17. The van der Waals surface area contributed by atoms with Crippen LogP contribution in [0.1, 0.15) is 45.6 Å². The lowest BCUT2D eigenvalue weighted by Gasteiger charge is -2.45. The van der Waals surface area contributed by atoms with Crippen LogP contribution >= 0.6 is 0 Å². The average Bonchev–Trinajstić information content (AvgIpc) is 3.43. The van der Waals surface area contributed by atoms with Gasteiger partial charge in [0.05, 0.1) is 12.6 Å². The van der Waals surface area contributed by atoms with Gasteiger partial charge in [0, 0.05) is 12.1 Å². The molecule has 3 aromatic rings. The molecule has 6 rings (SSSR count). The Bertz CT molecular complexity index is 1270. The minimum absolute atomic E-state index is 0.0927. The van der Waals surface area contributed by atoms with E-state index in [0.29, 0.717) is 30.0 Å². The summed E-state index contributed by atoms with van der Waals surface area (Å²) in [5.74, 6) is 0.899. The number of nitrogens with zero attached hydrogens (tertiary/aromatic N) is 1. The second-order valence-corrected chi connectivity index (χ2v) is 8.64. The van der Waals surface area contributed by atoms with Gasteiger partial charge in [0.15, 0.2) is 11.5 Å². The maximum absolute atomic E-state index is 13.8. The first-order valence-electron chi connectivity index (χ1n) is 11.2. The number of hydrogen-bond acceptors (Lipinski definition) is 5. The average molecular weight is 441 g/mol. The Balaban J connectivity index is 1.60. The van der Waals surface area contributed by atoms with Crippen molar-refractivity contribution in [2.75, 3.05) is 13.4 Å². The first kappa shape index (κ1) is 19.9. The van der Waals surface area contributed by atoms with E-state index in [0.717, 1.165) is 22.3 Å². The summed E-state index contributed by atoms with van der Waals surface area (Å²) in [6, 6.07) is 20.6. The zero-order valence-corrected chi connectivity index (χ0v) is 18.2. The van der Waals surface area contributed by atoms with Crippen molar-refractivity contribution in [3.05, 3.63) is 94.5 Å². The molecule has 1 amide bonds. The van der Waals surface area contributed by atoms with Crippen molar-refractivity contribution in [2.24, 2.45) is 0 Å². The maximum Gasteiger partial charge on any atom is 0.319 e. The van der Waals surface area contributed by atoms with Crippen molar-refractivity contribution < 1.29 is 23.8 Å². The van der Waals surface area contributed by atoms with Gasteiger partial charge in [-0.25, -0.2) is 0 Å². The first-order chi connectivity index (χ1) is 16.1. The van der Waals surface area contributed by atoms with Crippen LogP contribution in [0.25, 0.3) is 0 Å². The summed E-state index contributed by atoms with van der Waals surface area (Å²) in [6.07, 6.45) is 0.429. The smallest absolute Gasteiger partial charge is 0.319 e. The van der Waals surface area contributed by atoms with Crippen molar-refractivity contribution in [2.45, 2.75) is 31.3 Å². The molecule has 0 saturated heterocycles. The minimum atomic E-state index is -1.04. The Morgan fingerprint density at radius 1 is 1.06 bits per heavy atom. The molecule has 2 aliphatic heterocycles. The van der Waals surface area contributed by atoms with Gasteiger partial charge in [0.25, 0.3) is 5.91 Å². The summed E-state index contributed by atoms with van der Waals surface area (Å²) in [5.41, 5.74) is 3.11. The van der Waals surface area contributed by atoms with Crippen molar-refractivity contribution in [1.29, 1.82) is 0 Å². The third-order valence-corrected chi connectivity index (χ3v) is 6.91. The van der Waals surface area contributed by atoms with Crippen LogP contribution in [0.15, 0.2) is 66.7 Å². The molecule has 166 valence electrons. The molecular formula is C27H23NO5. The van der Waals surface area contributed by atoms with Crippen molar-refractivity contribution in [3.8, 4) is 11.5 Å². The zero-order chi connectivity index (χ0) is 22.6. The van der Waals surface area contributed by atoms with Gasteiger partial charge >= 0.3 is 5.97 Å². The van der Waals surface area contributed by atoms with Crippen LogP contribution < -0.4 is 9.47 Å². The molecule has 6 heteroatoms. The lowest BCUT2D eigenvalue weighted by molar-refractivity contribution is -0.153. The van der Waals surface area contributed by atoms with Crippen LogP contribution in [0.4, 0.5) is 0 Å². The molecule has 6 nitrogen and oxygen atoms in total. The van der Waals surface area contributed by atoms with Crippen molar-refractivity contribution >= 4 is 11.9 Å². The predicted molar refractivity (Wildman–Crippen MR) is 120 cm³/mol. The highest BCUT2D eigenvalue weighted by atomic mass is 16.7. The Labute approximate surface area is 191 Å². The van der Waals surface area contributed by atoms with Crippen molar-refractivity contribution in [1.82, 2.24) is 4.90 Å². The van der Waals surface area contributed by atoms with Crippen LogP contribution in [-0.4, -0.2) is 30.2 Å². The van der Waals surface area contributed by atoms with Gasteiger partial charge < -0.3 is 19.1 Å². The summed E-state index contributed by atoms with van der Waals surface area (Å²) < 4.78 is 16.9. The summed E-state index contributed by atoms with van der Waals surface area (Å²) in [4.78, 5) is 29.4. The van der Waals surface area contributed by atoms with Crippen LogP contribution in [0.5, 0.6) is 11.5 Å². The quantitative estimate of drug-likeness (QED) is 0.569. The number of amides is 1. The van der Waals surface area contributed by atoms with Crippen molar-refractivity contribution in [3.63, 3.8) is 0 Å². The summed E-state index contributed by atoms with van der Waals surface area (Å²) in [6.45, 7) is 2.62. The molecule has 2 atom stereocenters. The van der Waals surface area contributed by atoms with E-state index >= 15 is 0 Å². The highest BCUT2D eigenvalue weighted by Gasteiger charge is 2.61. The second kappa shape index (κ2) is 7.37. The number of esters is 1. The lowest BCUT2D eigenvalue weighted by Crippen LogP contribution is -2.54. The molecule has 3 aromatic carbocycles. The monoisotopic (exact) mass is 441 g/mol. The van der Waals surface area contributed by atoms with Crippen LogP contribution in [-0.2, 0) is 27.9 Å². The summed E-state index contributed by atoms with van der Waals surface area (Å²) in [7, 11) is 0. The fraction of sp³-hybridized carbons (Fsp3) is 0.259. The van der Waals surface area contributed by atoms with E-state index in [2.05, 4.69) is 0 Å². The number of hydrogen-bond donors (Lipinski definition) is 0. The van der Waals surface area contributed by atoms with E-state index in [9.17, 15) is 9.59 Å². The van der Waals surface area contributed by atoms with Gasteiger partial charge in [-0.2, -0.15) is 0 Å². The Morgan fingerprint density at radius 3 is 2.58 bits per heavy atom. The molecule has 2 heterocycles. The Hall–Kier alpha value is -3.80. The molecule has 0 N–H and O–H groups in total. The van der Waals surface area contributed by atoms with E-state index in [1.165, 1.54) is 0 Å². The molecule has 0 spiro atoms. The zero-order valence-electron chi connectivity index (χ0n) is 18.2. The van der Waals surface area contributed by atoms with Crippen LogP contribution in [0, 0.1) is 0 Å². The van der Waals surface area contributed by atoms with E-state index in [-0.39, 0.29) is 25.3 Å². The van der Waals surface area contributed by atoms with E-state index in [1.807, 2.05) is 78.6 Å². The number of fused-ring (bicyclic) bond motifs is 6. The highest BCUT2D eigenvalue weighted by molar-refractivity contribution is 6.03. The molecule has 0 bridgehead atoms. The lowest BCUT2D eigenvalue weighted by atomic mass is 9.69. The maximum atomic E-state index is 13.8. The fourth-order valence-corrected chi connectivity index (χ4v) is 5.57. The third-order valence-electron chi connectivity index (χ3n) is 6.91. The Kier molecular flexibility index (Phi) is 4.43. The highest BCUT2D eigenvalue weighted by Crippen LogP contribution is 2.57. The van der Waals surface area contributed by atoms with Gasteiger partial charge in [0.1, 0.15) is 5.41 Å².